The van der Waals surface area contributed by atoms with Crippen LogP contribution in [0.2, 0.25) is 0 Å². The van der Waals surface area contributed by atoms with Gasteiger partial charge in [0, 0.05) is 15.8 Å². The third-order valence-electron chi connectivity index (χ3n) is 2.71. The van der Waals surface area contributed by atoms with Gasteiger partial charge in [-0.15, -0.1) is 0 Å². The summed E-state index contributed by atoms with van der Waals surface area (Å²) in [5.41, 5.74) is 9.92. The summed E-state index contributed by atoms with van der Waals surface area (Å²) in [6.45, 7) is 2.03. The number of nitrogen functional groups attached to an aromatic ring is 1. The van der Waals surface area contributed by atoms with Gasteiger partial charge in [0.2, 0.25) is 0 Å². The van der Waals surface area contributed by atoms with Gasteiger partial charge in [0.1, 0.15) is 5.52 Å². The lowest BCUT2D eigenvalue weighted by atomic mass is 10.2. The average Bonchev–Trinajstić information content (AvgIpc) is 2.68. The largest absolute Gasteiger partial charge is 0.423 e. The van der Waals surface area contributed by atoms with Crippen molar-refractivity contribution in [2.75, 3.05) is 11.1 Å². The number of nitrogens with one attached hydrogen (secondary N) is 1. The molecular formula is C14H12BrN3O. The van der Waals surface area contributed by atoms with Crippen molar-refractivity contribution in [3.63, 3.8) is 0 Å². The lowest BCUT2D eigenvalue weighted by Crippen LogP contribution is -1.90. The van der Waals surface area contributed by atoms with Crippen LogP contribution >= 0.6 is 15.9 Å². The summed E-state index contributed by atoms with van der Waals surface area (Å²) in [6.07, 6.45) is 0. The zero-order valence-electron chi connectivity index (χ0n) is 10.3. The molecule has 0 atom stereocenters. The van der Waals surface area contributed by atoms with E-state index in [0.29, 0.717) is 17.3 Å². The Balaban J connectivity index is 1.96. The monoisotopic (exact) mass is 317 g/mol. The Morgan fingerprint density at radius 1 is 1.21 bits per heavy atom. The highest BCUT2D eigenvalue weighted by Gasteiger charge is 2.06. The summed E-state index contributed by atoms with van der Waals surface area (Å²) in [5.74, 6) is 0. The maximum Gasteiger partial charge on any atom is 0.300 e. The van der Waals surface area contributed by atoms with Crippen LogP contribution in [0.25, 0.3) is 11.1 Å². The van der Waals surface area contributed by atoms with Crippen LogP contribution < -0.4 is 11.1 Å². The molecule has 0 aliphatic heterocycles. The number of aromatic nitrogens is 1. The highest BCUT2D eigenvalue weighted by molar-refractivity contribution is 9.10. The van der Waals surface area contributed by atoms with Gasteiger partial charge in [0.25, 0.3) is 6.01 Å². The first-order valence-electron chi connectivity index (χ1n) is 5.80. The Morgan fingerprint density at radius 3 is 2.84 bits per heavy atom. The smallest absolute Gasteiger partial charge is 0.300 e. The number of halogens is 1. The van der Waals surface area contributed by atoms with E-state index < -0.39 is 0 Å². The van der Waals surface area contributed by atoms with Crippen LogP contribution in [-0.2, 0) is 0 Å². The van der Waals surface area contributed by atoms with Gasteiger partial charge in [-0.2, -0.15) is 4.98 Å². The Morgan fingerprint density at radius 2 is 2.05 bits per heavy atom. The van der Waals surface area contributed by atoms with Gasteiger partial charge in [-0.3, -0.25) is 0 Å². The number of fused-ring (bicyclic) bond motifs is 1. The quantitative estimate of drug-likeness (QED) is 0.694. The van der Waals surface area contributed by atoms with Gasteiger partial charge in [-0.05, 0) is 48.9 Å². The molecule has 5 heteroatoms. The molecule has 0 saturated heterocycles. The van der Waals surface area contributed by atoms with E-state index in [0.717, 1.165) is 21.2 Å². The van der Waals surface area contributed by atoms with E-state index in [4.69, 9.17) is 10.2 Å². The number of hydrogen-bond donors (Lipinski definition) is 2. The van der Waals surface area contributed by atoms with Gasteiger partial charge < -0.3 is 15.5 Å². The standard InChI is InChI=1S/C14H12BrN3O/c1-8-4-9(15)6-11(5-8)17-14-18-12-7-10(16)2-3-13(12)19-14/h2-7H,16H2,1H3,(H,17,18). The van der Waals surface area contributed by atoms with E-state index in [9.17, 15) is 0 Å². The lowest BCUT2D eigenvalue weighted by Gasteiger charge is -2.03. The predicted octanol–water partition coefficient (Wildman–Crippen LogP) is 4.22. The molecular weight excluding hydrogens is 306 g/mol. The molecule has 0 radical (unpaired) electrons. The fourth-order valence-corrected chi connectivity index (χ4v) is 2.54. The maximum absolute atomic E-state index is 5.72. The highest BCUT2D eigenvalue weighted by atomic mass is 79.9. The van der Waals surface area contributed by atoms with Crippen molar-refractivity contribution >= 4 is 44.4 Å². The summed E-state index contributed by atoms with van der Waals surface area (Å²) in [6, 6.07) is 11.9. The Kier molecular flexibility index (Phi) is 2.91. The van der Waals surface area contributed by atoms with E-state index >= 15 is 0 Å². The molecule has 4 nitrogen and oxygen atoms in total. The molecule has 0 fully saturated rings. The van der Waals surface area contributed by atoms with Crippen molar-refractivity contribution in [3.05, 3.63) is 46.4 Å². The summed E-state index contributed by atoms with van der Waals surface area (Å²) >= 11 is 3.46. The normalized spacial score (nSPS) is 10.8. The molecule has 1 aromatic heterocycles. The van der Waals surface area contributed by atoms with Crippen molar-refractivity contribution in [2.45, 2.75) is 6.92 Å². The Bertz CT molecular complexity index is 731. The number of nitrogens with two attached hydrogens (primary N) is 1. The minimum atomic E-state index is 0.457. The second-order valence-corrected chi connectivity index (χ2v) is 5.30. The van der Waals surface area contributed by atoms with E-state index in [1.165, 1.54) is 0 Å². The van der Waals surface area contributed by atoms with Gasteiger partial charge >= 0.3 is 0 Å². The van der Waals surface area contributed by atoms with Crippen LogP contribution in [0.3, 0.4) is 0 Å². The summed E-state index contributed by atoms with van der Waals surface area (Å²) < 4.78 is 6.62. The number of benzene rings is 2. The zero-order chi connectivity index (χ0) is 13.4. The highest BCUT2D eigenvalue weighted by Crippen LogP contribution is 2.25. The third kappa shape index (κ3) is 2.56. The molecule has 0 aliphatic carbocycles. The number of aryl methyl sites for hydroxylation is 1. The van der Waals surface area contributed by atoms with E-state index in [2.05, 4.69) is 26.2 Å². The molecule has 0 saturated carbocycles. The number of hydrogen-bond acceptors (Lipinski definition) is 4. The van der Waals surface area contributed by atoms with Crippen LogP contribution in [0, 0.1) is 6.92 Å². The lowest BCUT2D eigenvalue weighted by molar-refractivity contribution is 0.623. The minimum Gasteiger partial charge on any atom is -0.423 e. The predicted molar refractivity (Wildman–Crippen MR) is 80.6 cm³/mol. The first-order valence-corrected chi connectivity index (χ1v) is 6.60. The van der Waals surface area contributed by atoms with Gasteiger partial charge in [-0.25, -0.2) is 0 Å². The molecule has 96 valence electrons. The summed E-state index contributed by atoms with van der Waals surface area (Å²) in [7, 11) is 0. The van der Waals surface area contributed by atoms with Crippen LogP contribution in [-0.4, -0.2) is 4.98 Å². The molecule has 3 rings (SSSR count). The molecule has 0 spiro atoms. The molecule has 2 aromatic carbocycles. The topological polar surface area (TPSA) is 64.1 Å². The van der Waals surface area contributed by atoms with Crippen LogP contribution in [0.5, 0.6) is 0 Å². The van der Waals surface area contributed by atoms with Crippen molar-refractivity contribution in [1.82, 2.24) is 4.98 Å². The van der Waals surface area contributed by atoms with Gasteiger partial charge in [-0.1, -0.05) is 15.9 Å². The second-order valence-electron chi connectivity index (χ2n) is 4.39. The van der Waals surface area contributed by atoms with Crippen LogP contribution in [0.1, 0.15) is 5.56 Å². The first kappa shape index (κ1) is 12.0. The van der Waals surface area contributed by atoms with E-state index in [1.807, 2.05) is 31.2 Å². The zero-order valence-corrected chi connectivity index (χ0v) is 11.9. The molecule has 1 heterocycles. The number of oxazole rings is 1. The summed E-state index contributed by atoms with van der Waals surface area (Å²) in [5, 5.41) is 3.15. The average molecular weight is 318 g/mol. The van der Waals surface area contributed by atoms with Crippen molar-refractivity contribution in [1.29, 1.82) is 0 Å². The molecule has 19 heavy (non-hydrogen) atoms. The summed E-state index contributed by atoms with van der Waals surface area (Å²) in [4.78, 5) is 4.36. The molecule has 0 bridgehead atoms. The fourth-order valence-electron chi connectivity index (χ4n) is 1.93. The number of anilines is 3. The Labute approximate surface area is 118 Å². The van der Waals surface area contributed by atoms with Crippen molar-refractivity contribution in [3.8, 4) is 0 Å². The first-order chi connectivity index (χ1) is 9.10. The van der Waals surface area contributed by atoms with Crippen LogP contribution in [0.4, 0.5) is 17.4 Å². The van der Waals surface area contributed by atoms with Gasteiger partial charge in [0.05, 0.1) is 0 Å². The molecule has 0 aliphatic rings. The molecule has 0 unspecified atom stereocenters. The fraction of sp³-hybridized carbons (Fsp3) is 0.0714. The van der Waals surface area contributed by atoms with Crippen molar-refractivity contribution in [2.24, 2.45) is 0 Å². The number of rotatable bonds is 2. The van der Waals surface area contributed by atoms with E-state index in [1.54, 1.807) is 12.1 Å². The van der Waals surface area contributed by atoms with Crippen LogP contribution in [0.15, 0.2) is 45.3 Å². The Hall–Kier alpha value is -2.01. The second kappa shape index (κ2) is 4.59. The third-order valence-corrected chi connectivity index (χ3v) is 3.16. The minimum absolute atomic E-state index is 0.457. The van der Waals surface area contributed by atoms with Crippen molar-refractivity contribution < 1.29 is 4.42 Å². The SMILES string of the molecule is Cc1cc(Br)cc(Nc2nc3cc(N)ccc3o2)c1. The molecule has 3 aromatic rings. The van der Waals surface area contributed by atoms with Gasteiger partial charge in [0.15, 0.2) is 5.58 Å². The molecule has 3 N–H and O–H groups in total. The maximum atomic E-state index is 5.72. The number of nitrogens with zero attached hydrogens (tertiary/aromatic N) is 1. The molecule has 0 amide bonds. The van der Waals surface area contributed by atoms with E-state index in [-0.39, 0.29) is 0 Å².